The van der Waals surface area contributed by atoms with Crippen LogP contribution in [0.4, 0.5) is 5.69 Å². The first-order valence-electron chi connectivity index (χ1n) is 8.61. The molecule has 0 unspecified atom stereocenters. The molecule has 3 aromatic rings. The number of anilines is 1. The number of hydrogen-bond donors (Lipinski definition) is 1. The van der Waals surface area contributed by atoms with Crippen LogP contribution in [0.15, 0.2) is 57.7 Å². The Labute approximate surface area is 151 Å². The first kappa shape index (κ1) is 17.7. The van der Waals surface area contributed by atoms with E-state index < -0.39 is 5.63 Å². The Hall–Kier alpha value is -3.08. The number of carbonyl (C=O) groups is 1. The molecule has 2 aromatic carbocycles. The summed E-state index contributed by atoms with van der Waals surface area (Å²) < 4.78 is 10.9. The van der Waals surface area contributed by atoms with Crippen molar-refractivity contribution in [1.82, 2.24) is 0 Å². The van der Waals surface area contributed by atoms with Crippen molar-refractivity contribution in [3.8, 4) is 5.75 Å². The number of carbonyl (C=O) groups excluding carboxylic acids is 1. The predicted molar refractivity (Wildman–Crippen MR) is 102 cm³/mol. The first-order valence-corrected chi connectivity index (χ1v) is 8.61. The molecule has 0 aliphatic carbocycles. The average Bonchev–Trinajstić information content (AvgIpc) is 2.60. The summed E-state index contributed by atoms with van der Waals surface area (Å²) in [5.41, 5.74) is 1.87. The molecule has 0 radical (unpaired) electrons. The van der Waals surface area contributed by atoms with Gasteiger partial charge in [-0.25, -0.2) is 4.79 Å². The van der Waals surface area contributed by atoms with Crippen LogP contribution in [0.5, 0.6) is 5.75 Å². The molecule has 5 heteroatoms. The van der Waals surface area contributed by atoms with Crippen LogP contribution in [0.1, 0.15) is 36.7 Å². The van der Waals surface area contributed by atoms with Gasteiger partial charge in [-0.3, -0.25) is 4.79 Å². The molecular formula is C21H21NO4. The van der Waals surface area contributed by atoms with Crippen molar-refractivity contribution in [3.05, 3.63) is 70.1 Å². The van der Waals surface area contributed by atoms with E-state index in [0.717, 1.165) is 6.42 Å². The van der Waals surface area contributed by atoms with Crippen molar-refractivity contribution >= 4 is 22.6 Å². The summed E-state index contributed by atoms with van der Waals surface area (Å²) in [7, 11) is 0. The van der Waals surface area contributed by atoms with Crippen molar-refractivity contribution in [3.63, 3.8) is 0 Å². The van der Waals surface area contributed by atoms with Gasteiger partial charge in [0.15, 0.2) is 0 Å². The average molecular weight is 351 g/mol. The maximum absolute atomic E-state index is 12.7. The largest absolute Gasteiger partial charge is 0.491 e. The van der Waals surface area contributed by atoms with Crippen molar-refractivity contribution in [2.45, 2.75) is 33.3 Å². The van der Waals surface area contributed by atoms with Crippen LogP contribution in [0, 0.1) is 0 Å². The van der Waals surface area contributed by atoms with Gasteiger partial charge in [-0.15, -0.1) is 0 Å². The first-order chi connectivity index (χ1) is 12.5. The Bertz CT molecular complexity index is 987. The number of nitrogens with one attached hydrogen (secondary N) is 1. The maximum atomic E-state index is 12.7. The molecule has 0 fully saturated rings. The topological polar surface area (TPSA) is 68.5 Å². The minimum atomic E-state index is -0.578. The molecule has 1 amide bonds. The third-order valence-corrected chi connectivity index (χ3v) is 3.95. The fourth-order valence-electron chi connectivity index (χ4n) is 2.70. The zero-order valence-corrected chi connectivity index (χ0v) is 15.0. The molecule has 0 atom stereocenters. The molecule has 0 bridgehead atoms. The number of benzene rings is 2. The van der Waals surface area contributed by atoms with Crippen LogP contribution in [0.3, 0.4) is 0 Å². The molecule has 0 saturated carbocycles. The van der Waals surface area contributed by atoms with Gasteiger partial charge >= 0.3 is 5.63 Å². The van der Waals surface area contributed by atoms with Crippen LogP contribution < -0.4 is 15.7 Å². The number of hydrogen-bond acceptors (Lipinski definition) is 4. The lowest BCUT2D eigenvalue weighted by atomic mass is 10.1. The molecule has 0 aliphatic rings. The van der Waals surface area contributed by atoms with Gasteiger partial charge in [-0.05, 0) is 50.1 Å². The van der Waals surface area contributed by atoms with E-state index in [1.165, 1.54) is 11.6 Å². The monoisotopic (exact) mass is 351 g/mol. The molecular weight excluding hydrogens is 330 g/mol. The number of aryl methyl sites for hydroxylation is 1. The molecule has 134 valence electrons. The lowest BCUT2D eigenvalue weighted by molar-refractivity contribution is 0.102. The summed E-state index contributed by atoms with van der Waals surface area (Å²) in [5, 5.41) is 3.38. The third kappa shape index (κ3) is 3.94. The van der Waals surface area contributed by atoms with Gasteiger partial charge < -0.3 is 14.5 Å². The van der Waals surface area contributed by atoms with Crippen LogP contribution in [0.2, 0.25) is 0 Å². The van der Waals surface area contributed by atoms with Crippen molar-refractivity contribution in [2.24, 2.45) is 0 Å². The maximum Gasteiger partial charge on any atom is 0.337 e. The summed E-state index contributed by atoms with van der Waals surface area (Å²) >= 11 is 0. The van der Waals surface area contributed by atoms with Crippen LogP contribution >= 0.6 is 0 Å². The highest BCUT2D eigenvalue weighted by Crippen LogP contribution is 2.24. The zero-order valence-electron chi connectivity index (χ0n) is 15.0. The second-order valence-electron chi connectivity index (χ2n) is 6.31. The second-order valence-corrected chi connectivity index (χ2v) is 6.31. The highest BCUT2D eigenvalue weighted by molar-refractivity contribution is 6.12. The Balaban J connectivity index is 1.94. The Kier molecular flexibility index (Phi) is 5.07. The van der Waals surface area contributed by atoms with E-state index in [0.29, 0.717) is 22.4 Å². The summed E-state index contributed by atoms with van der Waals surface area (Å²) in [6, 6.07) is 13.9. The quantitative estimate of drug-likeness (QED) is 0.692. The SMILES string of the molecule is CCc1ccc(NC(=O)c2cc(=O)oc3cc(OC(C)C)ccc23)cc1. The molecule has 5 nitrogen and oxygen atoms in total. The van der Waals surface area contributed by atoms with Gasteiger partial charge in [0.05, 0.1) is 11.7 Å². The molecule has 1 aromatic heterocycles. The van der Waals surface area contributed by atoms with Crippen LogP contribution in [0.25, 0.3) is 11.0 Å². The van der Waals surface area contributed by atoms with E-state index in [2.05, 4.69) is 12.2 Å². The highest BCUT2D eigenvalue weighted by atomic mass is 16.5. The molecule has 3 rings (SSSR count). The van der Waals surface area contributed by atoms with Crippen LogP contribution in [-0.2, 0) is 6.42 Å². The smallest absolute Gasteiger partial charge is 0.337 e. The standard InChI is InChI=1S/C21H21NO4/c1-4-14-5-7-15(8-6-14)22-21(24)18-12-20(23)26-19-11-16(25-13(2)3)9-10-17(18)19/h5-13H,4H2,1-3H3,(H,22,24). The molecule has 0 saturated heterocycles. The summed E-state index contributed by atoms with van der Waals surface area (Å²) in [4.78, 5) is 24.6. The number of rotatable bonds is 5. The van der Waals surface area contributed by atoms with E-state index in [9.17, 15) is 9.59 Å². The summed E-state index contributed by atoms with van der Waals surface area (Å²) in [6.45, 7) is 5.89. The minimum absolute atomic E-state index is 0.00301. The molecule has 1 N–H and O–H groups in total. The normalized spacial score (nSPS) is 10.9. The van der Waals surface area contributed by atoms with E-state index in [4.69, 9.17) is 9.15 Å². The summed E-state index contributed by atoms with van der Waals surface area (Å²) in [5.74, 6) is 0.230. The third-order valence-electron chi connectivity index (χ3n) is 3.95. The fourth-order valence-corrected chi connectivity index (χ4v) is 2.70. The second kappa shape index (κ2) is 7.44. The molecule has 0 spiro atoms. The Morgan fingerprint density at radius 1 is 1.12 bits per heavy atom. The van der Waals surface area contributed by atoms with Gasteiger partial charge in [-0.1, -0.05) is 19.1 Å². The van der Waals surface area contributed by atoms with Gasteiger partial charge in [0, 0.05) is 23.2 Å². The zero-order chi connectivity index (χ0) is 18.7. The summed E-state index contributed by atoms with van der Waals surface area (Å²) in [6.07, 6.45) is 0.927. The van der Waals surface area contributed by atoms with Crippen molar-refractivity contribution in [1.29, 1.82) is 0 Å². The van der Waals surface area contributed by atoms with Crippen LogP contribution in [-0.4, -0.2) is 12.0 Å². The number of ether oxygens (including phenoxy) is 1. The number of fused-ring (bicyclic) bond motifs is 1. The van der Waals surface area contributed by atoms with E-state index in [1.54, 1.807) is 18.2 Å². The molecule has 0 aliphatic heterocycles. The lowest BCUT2D eigenvalue weighted by Gasteiger charge is -2.11. The lowest BCUT2D eigenvalue weighted by Crippen LogP contribution is -2.15. The van der Waals surface area contributed by atoms with Gasteiger partial charge in [0.2, 0.25) is 0 Å². The van der Waals surface area contributed by atoms with Crippen molar-refractivity contribution in [2.75, 3.05) is 5.32 Å². The minimum Gasteiger partial charge on any atom is -0.491 e. The molecule has 26 heavy (non-hydrogen) atoms. The van der Waals surface area contributed by atoms with E-state index in [1.807, 2.05) is 38.1 Å². The van der Waals surface area contributed by atoms with Gasteiger partial charge in [0.1, 0.15) is 11.3 Å². The number of amides is 1. The predicted octanol–water partition coefficient (Wildman–Crippen LogP) is 4.39. The van der Waals surface area contributed by atoms with E-state index in [-0.39, 0.29) is 17.6 Å². The fraction of sp³-hybridized carbons (Fsp3) is 0.238. The van der Waals surface area contributed by atoms with Gasteiger partial charge in [-0.2, -0.15) is 0 Å². The Morgan fingerprint density at radius 3 is 2.50 bits per heavy atom. The van der Waals surface area contributed by atoms with Crippen molar-refractivity contribution < 1.29 is 13.9 Å². The molecule has 1 heterocycles. The van der Waals surface area contributed by atoms with Gasteiger partial charge in [0.25, 0.3) is 5.91 Å². The van der Waals surface area contributed by atoms with E-state index >= 15 is 0 Å². The highest BCUT2D eigenvalue weighted by Gasteiger charge is 2.14. The Morgan fingerprint density at radius 2 is 1.85 bits per heavy atom.